The Morgan fingerprint density at radius 3 is 2.17 bits per heavy atom. The first kappa shape index (κ1) is 11.5. The molecule has 0 aliphatic heterocycles. The van der Waals surface area contributed by atoms with E-state index in [0.717, 1.165) is 0 Å². The third-order valence-corrected chi connectivity index (χ3v) is 1.44. The summed E-state index contributed by atoms with van der Waals surface area (Å²) in [6, 6.07) is 0. The van der Waals surface area contributed by atoms with E-state index < -0.39 is 37.2 Å². The Hall–Kier alpha value is -0.530. The van der Waals surface area contributed by atoms with Crippen LogP contribution in [0.5, 0.6) is 0 Å². The van der Waals surface area contributed by atoms with Crippen LogP contribution in [0.3, 0.4) is 0 Å². The molecule has 6 nitrogen and oxygen atoms in total. The van der Waals surface area contributed by atoms with Crippen molar-refractivity contribution in [1.29, 1.82) is 0 Å². The van der Waals surface area contributed by atoms with E-state index in [2.05, 4.69) is 0 Å². The van der Waals surface area contributed by atoms with E-state index in [4.69, 9.17) is 26.2 Å². The van der Waals surface area contributed by atoms with Crippen molar-refractivity contribution in [2.45, 2.75) is 18.3 Å². The van der Waals surface area contributed by atoms with Crippen LogP contribution in [-0.4, -0.2) is 57.7 Å². The Morgan fingerprint density at radius 1 is 1.33 bits per heavy atom. The minimum absolute atomic E-state index is 0.420. The third kappa shape index (κ3) is 2.84. The van der Waals surface area contributed by atoms with Crippen molar-refractivity contribution in [2.75, 3.05) is 13.2 Å². The van der Waals surface area contributed by atoms with E-state index in [1.165, 1.54) is 0 Å². The maximum absolute atomic E-state index is 10.6. The number of aliphatic hydroxyl groups excluding tert-OH is 4. The van der Waals surface area contributed by atoms with Crippen LogP contribution in [0.25, 0.3) is 0 Å². The van der Waals surface area contributed by atoms with E-state index in [0.29, 0.717) is 0 Å². The van der Waals surface area contributed by atoms with Gasteiger partial charge >= 0.3 is 0 Å². The van der Waals surface area contributed by atoms with Crippen LogP contribution in [-0.2, 0) is 4.79 Å². The summed E-state index contributed by atoms with van der Waals surface area (Å²) in [7, 11) is 0. The van der Waals surface area contributed by atoms with Gasteiger partial charge in [0.25, 0.3) is 0 Å². The average molecular weight is 179 g/mol. The molecule has 0 spiro atoms. The van der Waals surface area contributed by atoms with Crippen molar-refractivity contribution in [3.05, 3.63) is 0 Å². The third-order valence-electron chi connectivity index (χ3n) is 1.44. The van der Waals surface area contributed by atoms with E-state index in [1.54, 1.807) is 0 Å². The molecule has 0 saturated carbocycles. The Balaban J connectivity index is 4.08. The lowest BCUT2D eigenvalue weighted by Gasteiger charge is -2.19. The Morgan fingerprint density at radius 2 is 1.83 bits per heavy atom. The molecule has 0 aromatic carbocycles. The number of rotatable bonds is 5. The normalized spacial score (nSPS) is 18.4. The van der Waals surface area contributed by atoms with E-state index >= 15 is 0 Å². The quantitative estimate of drug-likeness (QED) is 0.299. The lowest BCUT2D eigenvalue weighted by Crippen LogP contribution is -2.45. The zero-order valence-electron chi connectivity index (χ0n) is 6.42. The standard InChI is InChI=1S/C6H13NO5/c7-1-3(9)5(11)6(12)4(10)2-8/h4-6,8,10-12H,1-2,7H2. The van der Waals surface area contributed by atoms with Gasteiger partial charge in [-0.25, -0.2) is 0 Å². The Kier molecular flexibility index (Phi) is 4.95. The van der Waals surface area contributed by atoms with E-state index in [1.807, 2.05) is 0 Å². The predicted octanol–water partition coefficient (Wildman–Crippen LogP) is -3.41. The zero-order chi connectivity index (χ0) is 9.72. The van der Waals surface area contributed by atoms with Crippen LogP contribution in [0.1, 0.15) is 0 Å². The first-order valence-electron chi connectivity index (χ1n) is 3.42. The molecular formula is C6H13NO5. The van der Waals surface area contributed by atoms with Crippen LogP contribution in [0.4, 0.5) is 0 Å². The minimum atomic E-state index is -1.74. The molecule has 0 bridgehead atoms. The molecule has 0 aliphatic rings. The van der Waals surface area contributed by atoms with Crippen LogP contribution in [0.2, 0.25) is 0 Å². The molecule has 0 radical (unpaired) electrons. The molecule has 12 heavy (non-hydrogen) atoms. The summed E-state index contributed by atoms with van der Waals surface area (Å²) < 4.78 is 0. The minimum Gasteiger partial charge on any atom is -0.394 e. The fraction of sp³-hybridized carbons (Fsp3) is 0.833. The van der Waals surface area contributed by atoms with Gasteiger partial charge in [-0.3, -0.25) is 4.79 Å². The van der Waals surface area contributed by atoms with Crippen molar-refractivity contribution >= 4 is 5.78 Å². The van der Waals surface area contributed by atoms with Crippen LogP contribution < -0.4 is 5.73 Å². The van der Waals surface area contributed by atoms with Gasteiger partial charge in [0.1, 0.15) is 18.3 Å². The lowest BCUT2D eigenvalue weighted by atomic mass is 10.1. The fourth-order valence-electron chi connectivity index (χ4n) is 0.630. The Bertz CT molecular complexity index is 151. The highest BCUT2D eigenvalue weighted by atomic mass is 16.4. The van der Waals surface area contributed by atoms with E-state index in [9.17, 15) is 4.79 Å². The van der Waals surface area contributed by atoms with Gasteiger partial charge in [0.2, 0.25) is 0 Å². The zero-order valence-corrected chi connectivity index (χ0v) is 6.42. The molecular weight excluding hydrogens is 166 g/mol. The van der Waals surface area contributed by atoms with Gasteiger partial charge in [-0.05, 0) is 0 Å². The van der Waals surface area contributed by atoms with Crippen LogP contribution in [0, 0.1) is 0 Å². The van der Waals surface area contributed by atoms with Gasteiger partial charge in [-0.2, -0.15) is 0 Å². The largest absolute Gasteiger partial charge is 0.394 e. The maximum atomic E-state index is 10.6. The summed E-state index contributed by atoms with van der Waals surface area (Å²) in [6.07, 6.45) is -4.96. The van der Waals surface area contributed by atoms with E-state index in [-0.39, 0.29) is 0 Å². The van der Waals surface area contributed by atoms with Gasteiger partial charge in [-0.1, -0.05) is 0 Å². The first-order valence-corrected chi connectivity index (χ1v) is 3.42. The molecule has 6 N–H and O–H groups in total. The second-order valence-corrected chi connectivity index (χ2v) is 2.36. The molecule has 0 aromatic rings. The van der Waals surface area contributed by atoms with Gasteiger partial charge in [-0.15, -0.1) is 0 Å². The monoisotopic (exact) mass is 179 g/mol. The van der Waals surface area contributed by atoms with Gasteiger partial charge in [0.15, 0.2) is 5.78 Å². The molecule has 0 aromatic heterocycles. The molecule has 0 saturated heterocycles. The molecule has 0 heterocycles. The second kappa shape index (κ2) is 5.18. The van der Waals surface area contributed by atoms with Crippen molar-refractivity contribution in [3.8, 4) is 0 Å². The molecule has 0 aliphatic carbocycles. The van der Waals surface area contributed by atoms with Crippen LogP contribution in [0.15, 0.2) is 0 Å². The number of carbonyl (C=O) groups excluding carboxylic acids is 1. The summed E-state index contributed by atoms with van der Waals surface area (Å²) in [5.74, 6) is -0.782. The van der Waals surface area contributed by atoms with Crippen molar-refractivity contribution in [1.82, 2.24) is 0 Å². The summed E-state index contributed by atoms with van der Waals surface area (Å²) in [4.78, 5) is 10.6. The summed E-state index contributed by atoms with van der Waals surface area (Å²) in [5.41, 5.74) is 4.89. The highest BCUT2D eigenvalue weighted by Gasteiger charge is 2.28. The lowest BCUT2D eigenvalue weighted by molar-refractivity contribution is -0.138. The van der Waals surface area contributed by atoms with Gasteiger partial charge < -0.3 is 26.2 Å². The molecule has 72 valence electrons. The van der Waals surface area contributed by atoms with Crippen LogP contribution >= 0.6 is 0 Å². The summed E-state index contributed by atoms with van der Waals surface area (Å²) in [5, 5.41) is 35.0. The molecule has 0 fully saturated rings. The van der Waals surface area contributed by atoms with Gasteiger partial charge in [0, 0.05) is 0 Å². The highest BCUT2D eigenvalue weighted by Crippen LogP contribution is 2.00. The average Bonchev–Trinajstić information content (AvgIpc) is 2.12. The molecule has 3 atom stereocenters. The molecule has 0 amide bonds. The van der Waals surface area contributed by atoms with Crippen molar-refractivity contribution in [2.24, 2.45) is 5.73 Å². The van der Waals surface area contributed by atoms with Crippen molar-refractivity contribution < 1.29 is 25.2 Å². The maximum Gasteiger partial charge on any atom is 0.177 e. The highest BCUT2D eigenvalue weighted by molar-refractivity contribution is 5.85. The molecule has 6 heteroatoms. The Labute approximate surface area is 69.2 Å². The molecule has 0 rings (SSSR count). The fourth-order valence-corrected chi connectivity index (χ4v) is 0.630. The topological polar surface area (TPSA) is 124 Å². The number of carbonyl (C=O) groups is 1. The number of hydrogen-bond acceptors (Lipinski definition) is 6. The number of hydrogen-bond donors (Lipinski definition) is 5. The first-order chi connectivity index (χ1) is 5.54. The predicted molar refractivity (Wildman–Crippen MR) is 39.2 cm³/mol. The smallest absolute Gasteiger partial charge is 0.177 e. The van der Waals surface area contributed by atoms with Gasteiger partial charge in [0.05, 0.1) is 13.2 Å². The number of nitrogens with two attached hydrogens (primary N) is 1. The summed E-state index contributed by atoms with van der Waals surface area (Å²) >= 11 is 0. The molecule has 3 unspecified atom stereocenters. The summed E-state index contributed by atoms with van der Waals surface area (Å²) in [6.45, 7) is -1.15. The number of ketones is 1. The number of Topliss-reactive ketones (excluding diaryl/α,β-unsaturated/α-hetero) is 1. The second-order valence-electron chi connectivity index (χ2n) is 2.36. The SMILES string of the molecule is NCC(=O)C(O)C(O)C(O)CO. The number of aliphatic hydroxyl groups is 4. The van der Waals surface area contributed by atoms with Crippen molar-refractivity contribution in [3.63, 3.8) is 0 Å².